The predicted octanol–water partition coefficient (Wildman–Crippen LogP) is 3.32. The Labute approximate surface area is 201 Å². The number of fused-ring (bicyclic) bond motifs is 1. The average Bonchev–Trinajstić information content (AvgIpc) is 2.82. The van der Waals surface area contributed by atoms with Crippen LogP contribution in [0.5, 0.6) is 0 Å². The lowest BCUT2D eigenvalue weighted by Gasteiger charge is -2.30. The van der Waals surface area contributed by atoms with Gasteiger partial charge in [-0.25, -0.2) is 8.42 Å². The molecule has 0 saturated heterocycles. The number of carbonyl (C=O) groups is 2. The number of carbonyl (C=O) groups excluding carboxylic acids is 2. The fraction of sp³-hybridized carbons (Fsp3) is 0.308. The van der Waals surface area contributed by atoms with Crippen LogP contribution in [0.15, 0.2) is 71.6 Å². The van der Waals surface area contributed by atoms with Crippen molar-refractivity contribution in [3.05, 3.63) is 77.9 Å². The molecule has 8 heteroatoms. The van der Waals surface area contributed by atoms with Gasteiger partial charge in [-0.3, -0.25) is 9.59 Å². The number of sulfonamides is 1. The van der Waals surface area contributed by atoms with Crippen molar-refractivity contribution in [1.29, 1.82) is 0 Å². The van der Waals surface area contributed by atoms with E-state index in [4.69, 9.17) is 0 Å². The van der Waals surface area contributed by atoms with Crippen molar-refractivity contribution in [3.63, 3.8) is 0 Å². The minimum Gasteiger partial charge on any atom is -0.355 e. The van der Waals surface area contributed by atoms with Gasteiger partial charge >= 0.3 is 0 Å². The Hall–Kier alpha value is -3.23. The van der Waals surface area contributed by atoms with E-state index < -0.39 is 22.0 Å². The highest BCUT2D eigenvalue weighted by atomic mass is 32.2. The lowest BCUT2D eigenvalue weighted by atomic mass is 10.1. The summed E-state index contributed by atoms with van der Waals surface area (Å²) in [6.07, 6.45) is 0. The zero-order valence-electron chi connectivity index (χ0n) is 20.0. The Balaban J connectivity index is 1.84. The smallest absolute Gasteiger partial charge is 0.243 e. The lowest BCUT2D eigenvalue weighted by molar-refractivity contribution is -0.140. The minimum atomic E-state index is -3.91. The summed E-state index contributed by atoms with van der Waals surface area (Å²) < 4.78 is 27.5. The van der Waals surface area contributed by atoms with Crippen LogP contribution < -0.4 is 5.32 Å². The average molecular weight is 482 g/mol. The van der Waals surface area contributed by atoms with E-state index in [1.807, 2.05) is 55.5 Å². The summed E-state index contributed by atoms with van der Waals surface area (Å²) in [6.45, 7) is 5.67. The maximum atomic E-state index is 13.3. The molecule has 0 spiro atoms. The first-order valence-corrected chi connectivity index (χ1v) is 12.7. The van der Waals surface area contributed by atoms with Crippen molar-refractivity contribution in [3.8, 4) is 0 Å². The number of nitrogens with one attached hydrogen (secondary N) is 1. The zero-order valence-corrected chi connectivity index (χ0v) is 20.8. The van der Waals surface area contributed by atoms with Crippen LogP contribution in [0.1, 0.15) is 25.0 Å². The number of hydrogen-bond acceptors (Lipinski definition) is 4. The van der Waals surface area contributed by atoms with E-state index in [9.17, 15) is 18.0 Å². The van der Waals surface area contributed by atoms with Gasteiger partial charge in [0.1, 0.15) is 6.04 Å². The van der Waals surface area contributed by atoms with E-state index >= 15 is 0 Å². The van der Waals surface area contributed by atoms with Crippen LogP contribution in [0, 0.1) is 6.92 Å². The van der Waals surface area contributed by atoms with Crippen LogP contribution in [-0.2, 0) is 26.2 Å². The third-order valence-electron chi connectivity index (χ3n) is 5.78. The van der Waals surface area contributed by atoms with Gasteiger partial charge in [-0.2, -0.15) is 4.31 Å². The molecular weight excluding hydrogens is 450 g/mol. The number of nitrogens with zero attached hydrogens (tertiary/aromatic N) is 2. The maximum absolute atomic E-state index is 13.3. The molecular formula is C26H31N3O4S. The normalized spacial score (nSPS) is 12.5. The zero-order chi connectivity index (χ0) is 24.9. The molecule has 0 saturated carbocycles. The van der Waals surface area contributed by atoms with E-state index in [0.29, 0.717) is 6.54 Å². The predicted molar refractivity (Wildman–Crippen MR) is 134 cm³/mol. The molecule has 1 unspecified atom stereocenters. The van der Waals surface area contributed by atoms with Crippen molar-refractivity contribution >= 4 is 32.6 Å². The molecule has 3 aromatic rings. The molecule has 0 aliphatic rings. The first-order chi connectivity index (χ1) is 16.1. The van der Waals surface area contributed by atoms with E-state index in [1.54, 1.807) is 32.0 Å². The third-order valence-corrected chi connectivity index (χ3v) is 7.58. The highest BCUT2D eigenvalue weighted by Gasteiger charge is 2.30. The molecule has 0 heterocycles. The molecule has 3 rings (SSSR count). The molecule has 0 bridgehead atoms. The Morgan fingerprint density at radius 1 is 0.971 bits per heavy atom. The SMILES string of the molecule is CCNC(=O)C(C)N(Cc1ccc(C)cc1)C(=O)CN(C)S(=O)(=O)c1ccc2ccccc2c1. The molecule has 180 valence electrons. The van der Waals surface area contributed by atoms with Gasteiger partial charge in [0.05, 0.1) is 11.4 Å². The number of likely N-dealkylation sites (N-methyl/N-ethyl adjacent to an activating group) is 2. The standard InChI is InChI=1S/C26H31N3O4S/c1-5-27-26(31)20(3)29(17-21-12-10-19(2)11-13-21)25(30)18-28(4)34(32,33)24-15-14-22-8-6-7-9-23(22)16-24/h6-16,20H,5,17-18H2,1-4H3,(H,27,31). The van der Waals surface area contributed by atoms with Crippen molar-refractivity contribution in [1.82, 2.24) is 14.5 Å². The van der Waals surface area contributed by atoms with E-state index in [1.165, 1.54) is 11.9 Å². The van der Waals surface area contributed by atoms with Gasteiger partial charge < -0.3 is 10.2 Å². The monoisotopic (exact) mass is 481 g/mol. The summed E-state index contributed by atoms with van der Waals surface area (Å²) in [5, 5.41) is 4.47. The Bertz CT molecular complexity index is 1270. The molecule has 0 radical (unpaired) electrons. The van der Waals surface area contributed by atoms with Crippen LogP contribution >= 0.6 is 0 Å². The second-order valence-corrected chi connectivity index (χ2v) is 10.4. The quantitative estimate of drug-likeness (QED) is 0.508. The fourth-order valence-electron chi connectivity index (χ4n) is 3.67. The highest BCUT2D eigenvalue weighted by Crippen LogP contribution is 2.21. The van der Waals surface area contributed by atoms with Gasteiger partial charge in [-0.1, -0.05) is 60.2 Å². The van der Waals surface area contributed by atoms with Gasteiger partial charge in [0.25, 0.3) is 0 Å². The van der Waals surface area contributed by atoms with Crippen molar-refractivity contribution in [2.45, 2.75) is 38.3 Å². The Kier molecular flexibility index (Phi) is 8.06. The summed E-state index contributed by atoms with van der Waals surface area (Å²) in [4.78, 5) is 27.4. The highest BCUT2D eigenvalue weighted by molar-refractivity contribution is 7.89. The summed E-state index contributed by atoms with van der Waals surface area (Å²) in [6, 6.07) is 19.3. The summed E-state index contributed by atoms with van der Waals surface area (Å²) in [5.74, 6) is -0.741. The lowest BCUT2D eigenvalue weighted by Crippen LogP contribution is -2.50. The molecule has 0 aliphatic carbocycles. The summed E-state index contributed by atoms with van der Waals surface area (Å²) in [5.41, 5.74) is 1.94. The van der Waals surface area contributed by atoms with Crippen LogP contribution in [0.4, 0.5) is 0 Å². The molecule has 3 aromatic carbocycles. The second kappa shape index (κ2) is 10.8. The van der Waals surface area contributed by atoms with Crippen molar-refractivity contribution in [2.24, 2.45) is 0 Å². The molecule has 0 aliphatic heterocycles. The first kappa shape index (κ1) is 25.4. The topological polar surface area (TPSA) is 86.8 Å². The number of rotatable bonds is 9. The van der Waals surface area contributed by atoms with E-state index in [2.05, 4.69) is 5.32 Å². The number of benzene rings is 3. The molecule has 34 heavy (non-hydrogen) atoms. The third kappa shape index (κ3) is 5.81. The molecule has 7 nitrogen and oxygen atoms in total. The van der Waals surface area contributed by atoms with Crippen LogP contribution in [-0.4, -0.2) is 55.6 Å². The minimum absolute atomic E-state index is 0.114. The number of amides is 2. The van der Waals surface area contributed by atoms with Gasteiger partial charge in [0.2, 0.25) is 21.8 Å². The Morgan fingerprint density at radius 2 is 1.62 bits per heavy atom. The fourth-order valence-corrected chi connectivity index (χ4v) is 4.83. The molecule has 2 amide bonds. The van der Waals surface area contributed by atoms with Crippen molar-refractivity contribution in [2.75, 3.05) is 20.1 Å². The van der Waals surface area contributed by atoms with Crippen LogP contribution in [0.2, 0.25) is 0 Å². The van der Waals surface area contributed by atoms with Crippen LogP contribution in [0.3, 0.4) is 0 Å². The first-order valence-electron chi connectivity index (χ1n) is 11.2. The van der Waals surface area contributed by atoms with Crippen LogP contribution in [0.25, 0.3) is 10.8 Å². The Morgan fingerprint density at radius 3 is 2.26 bits per heavy atom. The molecule has 0 fully saturated rings. The van der Waals surface area contributed by atoms with Crippen molar-refractivity contribution < 1.29 is 18.0 Å². The van der Waals surface area contributed by atoms with Gasteiger partial charge in [0.15, 0.2) is 0 Å². The number of hydrogen-bond donors (Lipinski definition) is 1. The summed E-state index contributed by atoms with van der Waals surface area (Å²) >= 11 is 0. The maximum Gasteiger partial charge on any atom is 0.243 e. The van der Waals surface area contributed by atoms with E-state index in [0.717, 1.165) is 26.2 Å². The van der Waals surface area contributed by atoms with Gasteiger partial charge in [-0.05, 0) is 49.2 Å². The molecule has 1 N–H and O–H groups in total. The molecule has 1 atom stereocenters. The largest absolute Gasteiger partial charge is 0.355 e. The molecule has 0 aromatic heterocycles. The van der Waals surface area contributed by atoms with E-state index in [-0.39, 0.29) is 23.9 Å². The number of aryl methyl sites for hydroxylation is 1. The second-order valence-electron chi connectivity index (χ2n) is 8.35. The van der Waals surface area contributed by atoms with Gasteiger partial charge in [0, 0.05) is 20.1 Å². The summed E-state index contributed by atoms with van der Waals surface area (Å²) in [7, 11) is -2.53. The van der Waals surface area contributed by atoms with Gasteiger partial charge in [-0.15, -0.1) is 0 Å².